The summed E-state index contributed by atoms with van der Waals surface area (Å²) in [6, 6.07) is 4.66. The van der Waals surface area contributed by atoms with E-state index in [4.69, 9.17) is 5.11 Å². The summed E-state index contributed by atoms with van der Waals surface area (Å²) in [7, 11) is 0.837. The maximum Gasteiger partial charge on any atom is 0.303 e. The molecule has 1 saturated heterocycles. The number of carboxylic acids is 1. The van der Waals surface area contributed by atoms with Crippen LogP contribution in [0.1, 0.15) is 36.0 Å². The molecule has 0 spiro atoms. The average molecular weight is 397 g/mol. The van der Waals surface area contributed by atoms with Crippen LogP contribution in [0.5, 0.6) is 0 Å². The number of carbonyl (C=O) groups excluding carboxylic acids is 1. The van der Waals surface area contributed by atoms with Crippen LogP contribution in [-0.2, 0) is 14.8 Å². The molecule has 0 aliphatic carbocycles. The second-order valence-electron chi connectivity index (χ2n) is 6.88. The molecule has 1 aliphatic rings. The van der Waals surface area contributed by atoms with E-state index in [1.54, 1.807) is 13.1 Å². The van der Waals surface area contributed by atoms with Gasteiger partial charge in [0.25, 0.3) is 5.91 Å². The summed E-state index contributed by atoms with van der Waals surface area (Å²) >= 11 is 0. The lowest BCUT2D eigenvalue weighted by Gasteiger charge is -2.25. The molecule has 0 radical (unpaired) electrons. The SMILES string of the molecule is CN(CCCC(=O)O)C(=O)c1cc(S(=O)(=O)N(C)C)ccc1N1CCCC1. The standard InChI is InChI=1S/C18H27N3O5S/c1-19(2)27(25,26)14-8-9-16(21-11-4-5-12-21)15(13-14)18(24)20(3)10-6-7-17(22)23/h8-9,13H,4-7,10-12H2,1-3H3,(H,22,23). The van der Waals surface area contributed by atoms with Crippen LogP contribution in [-0.4, -0.2) is 75.4 Å². The zero-order valence-electron chi connectivity index (χ0n) is 16.0. The van der Waals surface area contributed by atoms with E-state index in [2.05, 4.69) is 4.90 Å². The largest absolute Gasteiger partial charge is 0.481 e. The summed E-state index contributed by atoms with van der Waals surface area (Å²) in [5.74, 6) is -1.22. The van der Waals surface area contributed by atoms with Gasteiger partial charge in [0.15, 0.2) is 0 Å². The molecule has 0 saturated carbocycles. The lowest BCUT2D eigenvalue weighted by Crippen LogP contribution is -2.31. The maximum atomic E-state index is 13.0. The number of amides is 1. The lowest BCUT2D eigenvalue weighted by molar-refractivity contribution is -0.137. The van der Waals surface area contributed by atoms with Gasteiger partial charge in [-0.25, -0.2) is 12.7 Å². The van der Waals surface area contributed by atoms with E-state index in [0.717, 1.165) is 35.9 Å². The second-order valence-corrected chi connectivity index (χ2v) is 9.04. The molecule has 0 unspecified atom stereocenters. The number of benzene rings is 1. The predicted molar refractivity (Wildman–Crippen MR) is 103 cm³/mol. The highest BCUT2D eigenvalue weighted by molar-refractivity contribution is 7.89. The smallest absolute Gasteiger partial charge is 0.303 e. The number of anilines is 1. The molecule has 27 heavy (non-hydrogen) atoms. The van der Waals surface area contributed by atoms with Crippen molar-refractivity contribution < 1.29 is 23.1 Å². The minimum absolute atomic E-state index is 0.0222. The van der Waals surface area contributed by atoms with Gasteiger partial charge in [-0.1, -0.05) is 0 Å². The van der Waals surface area contributed by atoms with Gasteiger partial charge in [-0.3, -0.25) is 9.59 Å². The van der Waals surface area contributed by atoms with Crippen molar-refractivity contribution in [2.24, 2.45) is 0 Å². The minimum Gasteiger partial charge on any atom is -0.481 e. The molecule has 1 amide bonds. The molecule has 0 aromatic heterocycles. The van der Waals surface area contributed by atoms with Crippen LogP contribution in [0, 0.1) is 0 Å². The highest BCUT2D eigenvalue weighted by Crippen LogP contribution is 2.29. The van der Waals surface area contributed by atoms with E-state index in [0.29, 0.717) is 12.0 Å². The Bertz CT molecular complexity index is 801. The van der Waals surface area contributed by atoms with E-state index in [1.165, 1.54) is 31.1 Å². The van der Waals surface area contributed by atoms with Gasteiger partial charge < -0.3 is 14.9 Å². The highest BCUT2D eigenvalue weighted by atomic mass is 32.2. The third kappa shape index (κ3) is 4.98. The van der Waals surface area contributed by atoms with E-state index in [9.17, 15) is 18.0 Å². The molecular weight excluding hydrogens is 370 g/mol. The van der Waals surface area contributed by atoms with Crippen molar-refractivity contribution in [3.63, 3.8) is 0 Å². The first-order valence-corrected chi connectivity index (χ1v) is 10.4. The van der Waals surface area contributed by atoms with Gasteiger partial charge in [-0.15, -0.1) is 0 Å². The topological polar surface area (TPSA) is 98.2 Å². The molecule has 1 heterocycles. The molecule has 150 valence electrons. The van der Waals surface area contributed by atoms with Gasteiger partial charge in [-0.05, 0) is 37.5 Å². The molecule has 1 aromatic carbocycles. The van der Waals surface area contributed by atoms with Crippen LogP contribution in [0.2, 0.25) is 0 Å². The molecule has 0 atom stereocenters. The Morgan fingerprint density at radius 2 is 1.78 bits per heavy atom. The van der Waals surface area contributed by atoms with Crippen LogP contribution in [0.3, 0.4) is 0 Å². The third-order valence-electron chi connectivity index (χ3n) is 4.65. The number of carbonyl (C=O) groups is 2. The Hall–Kier alpha value is -2.13. The third-order valence-corrected chi connectivity index (χ3v) is 6.47. The minimum atomic E-state index is -3.66. The first-order chi connectivity index (χ1) is 12.6. The van der Waals surface area contributed by atoms with Gasteiger partial charge in [0, 0.05) is 52.9 Å². The molecule has 1 N–H and O–H groups in total. The molecule has 2 rings (SSSR count). The number of hydrogen-bond donors (Lipinski definition) is 1. The Morgan fingerprint density at radius 3 is 2.33 bits per heavy atom. The second kappa shape index (κ2) is 8.71. The Labute approximate surface area is 160 Å². The molecule has 1 aromatic rings. The van der Waals surface area contributed by atoms with E-state index >= 15 is 0 Å². The fourth-order valence-corrected chi connectivity index (χ4v) is 3.99. The molecular formula is C18H27N3O5S. The molecule has 1 fully saturated rings. The van der Waals surface area contributed by atoms with Crippen molar-refractivity contribution in [2.45, 2.75) is 30.6 Å². The van der Waals surface area contributed by atoms with E-state index < -0.39 is 16.0 Å². The summed E-state index contributed by atoms with van der Waals surface area (Å²) in [6.07, 6.45) is 2.37. The van der Waals surface area contributed by atoms with Gasteiger partial charge in [0.05, 0.1) is 10.5 Å². The number of hydrogen-bond acceptors (Lipinski definition) is 5. The van der Waals surface area contributed by atoms with Crippen molar-refractivity contribution in [3.8, 4) is 0 Å². The van der Waals surface area contributed by atoms with Gasteiger partial charge >= 0.3 is 5.97 Å². The molecule has 1 aliphatic heterocycles. The Kier molecular flexibility index (Phi) is 6.83. The fourth-order valence-electron chi connectivity index (χ4n) is 3.07. The first kappa shape index (κ1) is 21.2. The predicted octanol–water partition coefficient (Wildman–Crippen LogP) is 1.47. The zero-order chi connectivity index (χ0) is 20.2. The zero-order valence-corrected chi connectivity index (χ0v) is 16.8. The van der Waals surface area contributed by atoms with E-state index in [1.807, 2.05) is 0 Å². The Morgan fingerprint density at radius 1 is 1.15 bits per heavy atom. The monoisotopic (exact) mass is 397 g/mol. The van der Waals surface area contributed by atoms with Gasteiger partial charge in [-0.2, -0.15) is 0 Å². The van der Waals surface area contributed by atoms with Crippen LogP contribution >= 0.6 is 0 Å². The summed E-state index contributed by atoms with van der Waals surface area (Å²) in [5, 5.41) is 8.77. The van der Waals surface area contributed by atoms with Gasteiger partial charge in [0.2, 0.25) is 10.0 Å². The van der Waals surface area contributed by atoms with Crippen molar-refractivity contribution >= 4 is 27.6 Å². The highest BCUT2D eigenvalue weighted by Gasteiger charge is 2.26. The Balaban J connectivity index is 2.37. The summed E-state index contributed by atoms with van der Waals surface area (Å²) < 4.78 is 26.1. The van der Waals surface area contributed by atoms with Gasteiger partial charge in [0.1, 0.15) is 0 Å². The number of aliphatic carboxylic acids is 1. The van der Waals surface area contributed by atoms with Crippen molar-refractivity contribution in [1.82, 2.24) is 9.21 Å². The summed E-state index contributed by atoms with van der Waals surface area (Å²) in [5.41, 5.74) is 1.05. The van der Waals surface area contributed by atoms with Crippen LogP contribution < -0.4 is 4.90 Å². The van der Waals surface area contributed by atoms with Crippen molar-refractivity contribution in [3.05, 3.63) is 23.8 Å². The molecule has 8 nitrogen and oxygen atoms in total. The maximum absolute atomic E-state index is 13.0. The first-order valence-electron chi connectivity index (χ1n) is 8.93. The van der Waals surface area contributed by atoms with Crippen LogP contribution in [0.25, 0.3) is 0 Å². The molecule has 0 bridgehead atoms. The number of carboxylic acid groups (broad SMARTS) is 1. The van der Waals surface area contributed by atoms with Crippen LogP contribution in [0.4, 0.5) is 5.69 Å². The molecule has 9 heteroatoms. The fraction of sp³-hybridized carbons (Fsp3) is 0.556. The van der Waals surface area contributed by atoms with E-state index in [-0.39, 0.29) is 23.8 Å². The van der Waals surface area contributed by atoms with Crippen molar-refractivity contribution in [1.29, 1.82) is 0 Å². The summed E-state index contributed by atoms with van der Waals surface area (Å²) in [4.78, 5) is 27.3. The van der Waals surface area contributed by atoms with Crippen LogP contribution in [0.15, 0.2) is 23.1 Å². The average Bonchev–Trinajstić information content (AvgIpc) is 3.14. The number of rotatable bonds is 8. The summed E-state index contributed by atoms with van der Waals surface area (Å²) in [6.45, 7) is 1.93. The quantitative estimate of drug-likeness (QED) is 0.713. The number of nitrogens with zero attached hydrogens (tertiary/aromatic N) is 3. The normalized spacial score (nSPS) is 14.6. The lowest BCUT2D eigenvalue weighted by atomic mass is 10.1. The van der Waals surface area contributed by atoms with Crippen molar-refractivity contribution in [2.75, 3.05) is 45.7 Å². The number of sulfonamides is 1.